The minimum absolute atomic E-state index is 0. The van der Waals surface area contributed by atoms with E-state index in [0.29, 0.717) is 23.8 Å². The zero-order chi connectivity index (χ0) is 18.1. The first kappa shape index (κ1) is 20.6. The molecule has 1 atom stereocenters. The highest BCUT2D eigenvalue weighted by Crippen LogP contribution is 2.35. The van der Waals surface area contributed by atoms with E-state index in [9.17, 15) is 13.2 Å². The molecule has 2 N–H and O–H groups in total. The van der Waals surface area contributed by atoms with Gasteiger partial charge in [0.25, 0.3) is 0 Å². The third kappa shape index (κ3) is 4.01. The second-order valence-corrected chi connectivity index (χ2v) is 7.22. The molecule has 1 unspecified atom stereocenters. The van der Waals surface area contributed by atoms with Gasteiger partial charge in [-0.3, -0.25) is 4.70 Å². The SMILES string of the molecule is CC(C)NCCCc1[nH]c(=S)n2c1CC(c1c(F)ccc(F)c1F)C2.F. The van der Waals surface area contributed by atoms with Crippen LogP contribution < -0.4 is 5.32 Å². The Labute approximate surface area is 155 Å². The molecule has 144 valence electrons. The number of hydrogen-bond acceptors (Lipinski definition) is 2. The van der Waals surface area contributed by atoms with Crippen molar-refractivity contribution in [3.8, 4) is 0 Å². The summed E-state index contributed by atoms with van der Waals surface area (Å²) in [5, 5.41) is 3.36. The summed E-state index contributed by atoms with van der Waals surface area (Å²) in [5.74, 6) is -3.24. The number of nitrogens with one attached hydrogen (secondary N) is 2. The fourth-order valence-electron chi connectivity index (χ4n) is 3.47. The quantitative estimate of drug-likeness (QED) is 0.333. The molecule has 2 heterocycles. The number of nitrogens with zero attached hydrogens (tertiary/aromatic N) is 1. The number of halogens is 4. The third-order valence-corrected chi connectivity index (χ3v) is 4.99. The van der Waals surface area contributed by atoms with Crippen molar-refractivity contribution in [3.05, 3.63) is 51.3 Å². The zero-order valence-electron chi connectivity index (χ0n) is 14.7. The number of hydrogen-bond donors (Lipinski definition) is 2. The zero-order valence-corrected chi connectivity index (χ0v) is 15.6. The Morgan fingerprint density at radius 1 is 1.27 bits per heavy atom. The molecule has 0 amide bonds. The number of H-pyrrole nitrogens is 1. The van der Waals surface area contributed by atoms with Crippen molar-refractivity contribution in [2.45, 2.75) is 51.6 Å². The van der Waals surface area contributed by atoms with Crippen molar-refractivity contribution < 1.29 is 17.9 Å². The van der Waals surface area contributed by atoms with Crippen LogP contribution in [0.15, 0.2) is 12.1 Å². The van der Waals surface area contributed by atoms with Gasteiger partial charge in [0, 0.05) is 35.5 Å². The number of imidazole rings is 1. The van der Waals surface area contributed by atoms with Crippen LogP contribution in [0.3, 0.4) is 0 Å². The van der Waals surface area contributed by atoms with E-state index < -0.39 is 23.4 Å². The van der Waals surface area contributed by atoms with Gasteiger partial charge in [-0.25, -0.2) is 13.2 Å². The lowest BCUT2D eigenvalue weighted by molar-refractivity contribution is 0.459. The molecule has 1 aromatic heterocycles. The van der Waals surface area contributed by atoms with E-state index in [4.69, 9.17) is 12.2 Å². The molecule has 8 heteroatoms. The molecule has 1 aliphatic rings. The highest BCUT2D eigenvalue weighted by Gasteiger charge is 2.31. The fourth-order valence-corrected chi connectivity index (χ4v) is 3.78. The van der Waals surface area contributed by atoms with Crippen molar-refractivity contribution in [1.29, 1.82) is 0 Å². The molecule has 0 aliphatic carbocycles. The van der Waals surface area contributed by atoms with Gasteiger partial charge in [-0.05, 0) is 50.2 Å². The number of aromatic amines is 1. The summed E-state index contributed by atoms with van der Waals surface area (Å²) in [7, 11) is 0. The average Bonchev–Trinajstić information content (AvgIpc) is 3.09. The van der Waals surface area contributed by atoms with E-state index in [1.807, 2.05) is 4.57 Å². The topological polar surface area (TPSA) is 32.8 Å². The standard InChI is InChI=1S/C18H22F3N3S.FH/c1-10(2)22-7-3-4-14-15-8-11(9-24(15)18(25)23-14)16-12(19)5-6-13(20)17(16)21;/h5-6,10-11,22H,3-4,7-9H2,1-2H3,(H,23,25);1H. The molecule has 0 saturated carbocycles. The summed E-state index contributed by atoms with van der Waals surface area (Å²) < 4.78 is 44.1. The van der Waals surface area contributed by atoms with Crippen molar-refractivity contribution in [1.82, 2.24) is 14.9 Å². The third-order valence-electron chi connectivity index (χ3n) is 4.66. The predicted molar refractivity (Wildman–Crippen MR) is 96.3 cm³/mol. The Morgan fingerprint density at radius 2 is 1.96 bits per heavy atom. The van der Waals surface area contributed by atoms with Gasteiger partial charge in [0.15, 0.2) is 16.4 Å². The van der Waals surface area contributed by atoms with Crippen LogP contribution in [0.2, 0.25) is 0 Å². The molecule has 1 aromatic carbocycles. The normalized spacial score (nSPS) is 16.0. The lowest BCUT2D eigenvalue weighted by atomic mass is 9.95. The van der Waals surface area contributed by atoms with Gasteiger partial charge in [0.1, 0.15) is 5.82 Å². The molecule has 0 radical (unpaired) electrons. The van der Waals surface area contributed by atoms with Gasteiger partial charge in [0.2, 0.25) is 0 Å². The summed E-state index contributed by atoms with van der Waals surface area (Å²) in [5.41, 5.74) is 1.81. The second-order valence-electron chi connectivity index (χ2n) is 6.84. The second kappa shape index (κ2) is 8.35. The van der Waals surface area contributed by atoms with Gasteiger partial charge in [-0.15, -0.1) is 0 Å². The van der Waals surface area contributed by atoms with Gasteiger partial charge < -0.3 is 14.9 Å². The number of aryl methyl sites for hydroxylation is 1. The average molecular weight is 389 g/mol. The number of rotatable bonds is 6. The van der Waals surface area contributed by atoms with Crippen molar-refractivity contribution >= 4 is 12.2 Å². The molecular weight excluding hydrogens is 366 g/mol. The van der Waals surface area contributed by atoms with Crippen LogP contribution in [0, 0.1) is 22.2 Å². The molecule has 0 spiro atoms. The van der Waals surface area contributed by atoms with Gasteiger partial charge in [-0.1, -0.05) is 13.8 Å². The number of aromatic nitrogens is 2. The number of benzene rings is 1. The predicted octanol–water partition coefficient (Wildman–Crippen LogP) is 4.39. The summed E-state index contributed by atoms with van der Waals surface area (Å²) in [6.45, 7) is 5.44. The monoisotopic (exact) mass is 389 g/mol. The van der Waals surface area contributed by atoms with Crippen LogP contribution in [-0.2, 0) is 19.4 Å². The molecule has 0 bridgehead atoms. The smallest absolute Gasteiger partial charge is 0.177 e. The molecule has 3 rings (SSSR count). The first-order valence-electron chi connectivity index (χ1n) is 8.55. The Hall–Kier alpha value is -1.67. The van der Waals surface area contributed by atoms with E-state index in [1.54, 1.807) is 0 Å². The van der Waals surface area contributed by atoms with Crippen LogP contribution in [0.5, 0.6) is 0 Å². The van der Waals surface area contributed by atoms with Crippen LogP contribution in [0.4, 0.5) is 17.9 Å². The minimum atomic E-state index is -1.09. The highest BCUT2D eigenvalue weighted by molar-refractivity contribution is 7.71. The van der Waals surface area contributed by atoms with Crippen molar-refractivity contribution in [2.24, 2.45) is 0 Å². The Bertz CT molecular complexity index is 829. The van der Waals surface area contributed by atoms with Crippen LogP contribution in [0.25, 0.3) is 0 Å². The molecule has 0 saturated heterocycles. The van der Waals surface area contributed by atoms with E-state index in [-0.39, 0.29) is 10.3 Å². The summed E-state index contributed by atoms with van der Waals surface area (Å²) in [6.07, 6.45) is 2.21. The maximum Gasteiger partial charge on any atom is 0.177 e. The highest BCUT2D eigenvalue weighted by atomic mass is 32.1. The first-order valence-corrected chi connectivity index (χ1v) is 8.96. The molecular formula is C18H23F4N3S. The van der Waals surface area contributed by atoms with Gasteiger partial charge in [0.05, 0.1) is 0 Å². The first-order chi connectivity index (χ1) is 11.9. The van der Waals surface area contributed by atoms with Crippen LogP contribution in [0.1, 0.15) is 43.1 Å². The summed E-state index contributed by atoms with van der Waals surface area (Å²) >= 11 is 5.34. The Morgan fingerprint density at radius 3 is 2.65 bits per heavy atom. The van der Waals surface area contributed by atoms with E-state index in [2.05, 4.69) is 24.1 Å². The molecule has 26 heavy (non-hydrogen) atoms. The van der Waals surface area contributed by atoms with E-state index >= 15 is 0 Å². The van der Waals surface area contributed by atoms with Crippen LogP contribution >= 0.6 is 12.2 Å². The lowest BCUT2D eigenvalue weighted by Gasteiger charge is -2.12. The summed E-state index contributed by atoms with van der Waals surface area (Å²) in [4.78, 5) is 3.20. The molecule has 3 nitrogen and oxygen atoms in total. The maximum absolute atomic E-state index is 14.1. The van der Waals surface area contributed by atoms with Gasteiger partial charge in [-0.2, -0.15) is 0 Å². The minimum Gasteiger partial charge on any atom is -0.334 e. The Kier molecular flexibility index (Phi) is 6.63. The Balaban J connectivity index is 0.00000243. The van der Waals surface area contributed by atoms with Crippen LogP contribution in [-0.4, -0.2) is 22.1 Å². The van der Waals surface area contributed by atoms with E-state index in [0.717, 1.165) is 42.9 Å². The molecule has 2 aromatic rings. The largest absolute Gasteiger partial charge is 0.334 e. The molecule has 0 fully saturated rings. The maximum atomic E-state index is 14.1. The summed E-state index contributed by atoms with van der Waals surface area (Å²) in [6, 6.07) is 2.24. The lowest BCUT2D eigenvalue weighted by Crippen LogP contribution is -2.24. The van der Waals surface area contributed by atoms with E-state index in [1.165, 1.54) is 0 Å². The van der Waals surface area contributed by atoms with Crippen molar-refractivity contribution in [3.63, 3.8) is 0 Å². The number of fused-ring (bicyclic) bond motifs is 1. The molecule has 1 aliphatic heterocycles. The fraction of sp³-hybridized carbons (Fsp3) is 0.500. The van der Waals surface area contributed by atoms with Crippen molar-refractivity contribution in [2.75, 3.05) is 6.54 Å². The van der Waals surface area contributed by atoms with Gasteiger partial charge >= 0.3 is 0 Å².